The van der Waals surface area contributed by atoms with E-state index in [0.29, 0.717) is 0 Å². The standard InChI is InChI=1S/C9H12O6/c1-2-7(10)15-5-3-4-6(8(11)12)9(13)14/h2,6H,1,3-5H2,(H,11,12)(H,13,14). The number of hydrogen-bond donors (Lipinski definition) is 2. The van der Waals surface area contributed by atoms with Gasteiger partial charge in [0.05, 0.1) is 6.61 Å². The Morgan fingerprint density at radius 3 is 2.20 bits per heavy atom. The summed E-state index contributed by atoms with van der Waals surface area (Å²) in [5, 5.41) is 17.0. The van der Waals surface area contributed by atoms with Crippen molar-refractivity contribution in [3.8, 4) is 0 Å². The molecule has 0 amide bonds. The number of carboxylic acids is 2. The maximum atomic E-state index is 10.6. The molecule has 0 aliphatic rings. The van der Waals surface area contributed by atoms with Crippen molar-refractivity contribution in [1.29, 1.82) is 0 Å². The Morgan fingerprint density at radius 2 is 1.80 bits per heavy atom. The Bertz CT molecular complexity index is 256. The molecule has 6 nitrogen and oxygen atoms in total. The monoisotopic (exact) mass is 216 g/mol. The molecule has 0 bridgehead atoms. The lowest BCUT2D eigenvalue weighted by Gasteiger charge is -2.06. The molecule has 0 saturated heterocycles. The predicted octanol–water partition coefficient (Wildman–Crippen LogP) is 0.281. The molecule has 0 aromatic heterocycles. The minimum absolute atomic E-state index is 0.0120. The van der Waals surface area contributed by atoms with Crippen molar-refractivity contribution in [3.63, 3.8) is 0 Å². The Balaban J connectivity index is 3.82. The smallest absolute Gasteiger partial charge is 0.330 e. The molecule has 0 radical (unpaired) electrons. The highest BCUT2D eigenvalue weighted by Gasteiger charge is 2.24. The van der Waals surface area contributed by atoms with Crippen LogP contribution in [-0.2, 0) is 19.1 Å². The molecule has 6 heteroatoms. The second kappa shape index (κ2) is 6.58. The maximum Gasteiger partial charge on any atom is 0.330 e. The number of rotatable bonds is 7. The molecule has 0 saturated carbocycles. The van der Waals surface area contributed by atoms with Crippen LogP contribution >= 0.6 is 0 Å². The summed E-state index contributed by atoms with van der Waals surface area (Å²) in [4.78, 5) is 31.4. The lowest BCUT2D eigenvalue weighted by molar-refractivity contribution is -0.154. The van der Waals surface area contributed by atoms with Crippen LogP contribution in [0, 0.1) is 5.92 Å². The van der Waals surface area contributed by atoms with E-state index in [1.54, 1.807) is 0 Å². The number of ether oxygens (including phenoxy) is 1. The third kappa shape index (κ3) is 5.45. The highest BCUT2D eigenvalue weighted by molar-refractivity contribution is 5.92. The van der Waals surface area contributed by atoms with Crippen molar-refractivity contribution in [2.75, 3.05) is 6.61 Å². The van der Waals surface area contributed by atoms with Gasteiger partial charge in [-0.25, -0.2) is 4.79 Å². The van der Waals surface area contributed by atoms with Crippen LogP contribution in [-0.4, -0.2) is 34.7 Å². The van der Waals surface area contributed by atoms with Gasteiger partial charge in [0.2, 0.25) is 0 Å². The number of esters is 1. The molecule has 84 valence electrons. The minimum atomic E-state index is -1.45. The quantitative estimate of drug-likeness (QED) is 0.274. The van der Waals surface area contributed by atoms with Crippen molar-refractivity contribution in [1.82, 2.24) is 0 Å². The number of hydrogen-bond acceptors (Lipinski definition) is 4. The van der Waals surface area contributed by atoms with Gasteiger partial charge in [-0.15, -0.1) is 0 Å². The summed E-state index contributed by atoms with van der Waals surface area (Å²) < 4.78 is 4.56. The van der Waals surface area contributed by atoms with Gasteiger partial charge >= 0.3 is 17.9 Å². The number of aliphatic carboxylic acids is 2. The van der Waals surface area contributed by atoms with Crippen molar-refractivity contribution in [2.24, 2.45) is 5.92 Å². The Labute approximate surface area is 86.2 Å². The van der Waals surface area contributed by atoms with E-state index in [1.807, 2.05) is 0 Å². The van der Waals surface area contributed by atoms with E-state index in [0.717, 1.165) is 6.08 Å². The molecule has 0 rings (SSSR count). The molecule has 0 aliphatic carbocycles. The molecule has 0 aromatic carbocycles. The molecular formula is C9H12O6. The predicted molar refractivity (Wildman–Crippen MR) is 49.2 cm³/mol. The number of carbonyl (C=O) groups is 3. The topological polar surface area (TPSA) is 101 Å². The van der Waals surface area contributed by atoms with Gasteiger partial charge in [0.1, 0.15) is 0 Å². The molecule has 0 aromatic rings. The lowest BCUT2D eigenvalue weighted by Crippen LogP contribution is -2.23. The van der Waals surface area contributed by atoms with Crippen molar-refractivity contribution < 1.29 is 29.3 Å². The lowest BCUT2D eigenvalue weighted by atomic mass is 10.0. The van der Waals surface area contributed by atoms with Crippen LogP contribution in [0.5, 0.6) is 0 Å². The second-order valence-corrected chi connectivity index (χ2v) is 2.74. The van der Waals surface area contributed by atoms with Crippen molar-refractivity contribution in [2.45, 2.75) is 12.8 Å². The van der Waals surface area contributed by atoms with E-state index in [-0.39, 0.29) is 19.4 Å². The Morgan fingerprint density at radius 1 is 1.27 bits per heavy atom. The molecular weight excluding hydrogens is 204 g/mol. The van der Waals surface area contributed by atoms with E-state index in [9.17, 15) is 14.4 Å². The zero-order valence-electron chi connectivity index (χ0n) is 8.01. The molecule has 15 heavy (non-hydrogen) atoms. The molecule has 0 unspecified atom stereocenters. The average molecular weight is 216 g/mol. The van der Waals surface area contributed by atoms with Gasteiger partial charge in [0.15, 0.2) is 5.92 Å². The summed E-state index contributed by atoms with van der Waals surface area (Å²) in [7, 11) is 0. The highest BCUT2D eigenvalue weighted by atomic mass is 16.5. The van der Waals surface area contributed by atoms with Crippen LogP contribution in [0.1, 0.15) is 12.8 Å². The van der Waals surface area contributed by atoms with Gasteiger partial charge in [-0.3, -0.25) is 9.59 Å². The van der Waals surface area contributed by atoms with E-state index in [1.165, 1.54) is 0 Å². The third-order valence-electron chi connectivity index (χ3n) is 1.64. The molecule has 0 heterocycles. The zero-order valence-corrected chi connectivity index (χ0v) is 8.01. The first-order valence-electron chi connectivity index (χ1n) is 4.23. The molecule has 0 aliphatic heterocycles. The first-order chi connectivity index (χ1) is 6.99. The fourth-order valence-corrected chi connectivity index (χ4v) is 0.872. The average Bonchev–Trinajstić information content (AvgIpc) is 2.15. The Hall–Kier alpha value is -1.85. The summed E-state index contributed by atoms with van der Waals surface area (Å²) in [5.74, 6) is -4.85. The maximum absolute atomic E-state index is 10.6. The van der Waals surface area contributed by atoms with E-state index >= 15 is 0 Å². The SMILES string of the molecule is C=CC(=O)OCCCC(C(=O)O)C(=O)O. The van der Waals surface area contributed by atoms with E-state index in [4.69, 9.17) is 10.2 Å². The molecule has 0 spiro atoms. The summed E-state index contributed by atoms with van der Waals surface area (Å²) in [6.07, 6.45) is 1.09. The molecule has 0 atom stereocenters. The normalized spacial score (nSPS) is 9.67. The van der Waals surface area contributed by atoms with Crippen molar-refractivity contribution >= 4 is 17.9 Å². The van der Waals surface area contributed by atoms with Crippen LogP contribution in [0.2, 0.25) is 0 Å². The van der Waals surface area contributed by atoms with Gasteiger partial charge in [-0.1, -0.05) is 6.58 Å². The summed E-state index contributed by atoms with van der Waals surface area (Å²) in [6.45, 7) is 3.16. The van der Waals surface area contributed by atoms with Crippen LogP contribution in [0.25, 0.3) is 0 Å². The third-order valence-corrected chi connectivity index (χ3v) is 1.64. The summed E-state index contributed by atoms with van der Waals surface area (Å²) in [6, 6.07) is 0. The minimum Gasteiger partial charge on any atom is -0.481 e. The highest BCUT2D eigenvalue weighted by Crippen LogP contribution is 2.07. The van der Waals surface area contributed by atoms with Crippen LogP contribution in [0.4, 0.5) is 0 Å². The van der Waals surface area contributed by atoms with Crippen LogP contribution < -0.4 is 0 Å². The van der Waals surface area contributed by atoms with Crippen LogP contribution in [0.3, 0.4) is 0 Å². The zero-order chi connectivity index (χ0) is 11.8. The van der Waals surface area contributed by atoms with Gasteiger partial charge in [0, 0.05) is 6.08 Å². The van der Waals surface area contributed by atoms with Gasteiger partial charge < -0.3 is 14.9 Å². The largest absolute Gasteiger partial charge is 0.481 e. The fourth-order valence-electron chi connectivity index (χ4n) is 0.872. The van der Waals surface area contributed by atoms with Gasteiger partial charge in [-0.2, -0.15) is 0 Å². The summed E-state index contributed by atoms with van der Waals surface area (Å²) in [5.41, 5.74) is 0. The fraction of sp³-hybridized carbons (Fsp3) is 0.444. The van der Waals surface area contributed by atoms with Gasteiger partial charge in [-0.05, 0) is 12.8 Å². The first kappa shape index (κ1) is 13.2. The van der Waals surface area contributed by atoms with E-state index in [2.05, 4.69) is 11.3 Å². The van der Waals surface area contributed by atoms with Crippen molar-refractivity contribution in [3.05, 3.63) is 12.7 Å². The second-order valence-electron chi connectivity index (χ2n) is 2.74. The van der Waals surface area contributed by atoms with Gasteiger partial charge in [0.25, 0.3) is 0 Å². The number of carbonyl (C=O) groups excluding carboxylic acids is 1. The molecule has 2 N–H and O–H groups in total. The summed E-state index contributed by atoms with van der Waals surface area (Å²) >= 11 is 0. The number of carboxylic acid groups (broad SMARTS) is 2. The Kier molecular flexibility index (Phi) is 5.77. The first-order valence-corrected chi connectivity index (χ1v) is 4.23. The van der Waals surface area contributed by atoms with Crippen LogP contribution in [0.15, 0.2) is 12.7 Å². The van der Waals surface area contributed by atoms with E-state index < -0.39 is 23.8 Å². The molecule has 0 fully saturated rings.